The van der Waals surface area contributed by atoms with E-state index in [4.69, 9.17) is 16.3 Å². The SMILES string of the molecule is COc1ccc(Cl)cc1C(=O)NNC(=O)CCNC(=O)c1ccc(Br)cc1. The number of benzene rings is 2. The molecule has 0 bridgehead atoms. The van der Waals surface area contributed by atoms with Gasteiger partial charge in [0.05, 0.1) is 12.7 Å². The fourth-order valence-electron chi connectivity index (χ4n) is 2.11. The maximum absolute atomic E-state index is 12.1. The van der Waals surface area contributed by atoms with Crippen molar-refractivity contribution in [3.05, 3.63) is 63.1 Å². The molecule has 2 rings (SSSR count). The third-order valence-corrected chi connectivity index (χ3v) is 4.23. The summed E-state index contributed by atoms with van der Waals surface area (Å²) in [6, 6.07) is 11.4. The normalized spacial score (nSPS) is 10.0. The number of hydrogen-bond donors (Lipinski definition) is 3. The van der Waals surface area contributed by atoms with Gasteiger partial charge >= 0.3 is 0 Å². The van der Waals surface area contributed by atoms with E-state index in [1.54, 1.807) is 36.4 Å². The van der Waals surface area contributed by atoms with Crippen molar-refractivity contribution < 1.29 is 19.1 Å². The van der Waals surface area contributed by atoms with Gasteiger partial charge in [-0.2, -0.15) is 0 Å². The quantitative estimate of drug-likeness (QED) is 0.585. The minimum absolute atomic E-state index is 0.00473. The monoisotopic (exact) mass is 453 g/mol. The molecule has 3 N–H and O–H groups in total. The predicted octanol–water partition coefficient (Wildman–Crippen LogP) is 2.69. The van der Waals surface area contributed by atoms with Crippen LogP contribution in [0.1, 0.15) is 27.1 Å². The fourth-order valence-corrected chi connectivity index (χ4v) is 2.54. The summed E-state index contributed by atoms with van der Waals surface area (Å²) in [6.45, 7) is 0.122. The van der Waals surface area contributed by atoms with Crippen LogP contribution in [-0.4, -0.2) is 31.4 Å². The summed E-state index contributed by atoms with van der Waals surface area (Å²) in [4.78, 5) is 35.9. The molecule has 0 radical (unpaired) electrons. The molecule has 0 fully saturated rings. The first-order chi connectivity index (χ1) is 12.9. The van der Waals surface area contributed by atoms with E-state index in [9.17, 15) is 14.4 Å². The number of nitrogens with one attached hydrogen (secondary N) is 3. The highest BCUT2D eigenvalue weighted by atomic mass is 79.9. The summed E-state index contributed by atoms with van der Waals surface area (Å²) in [6.07, 6.45) is -0.00473. The Morgan fingerprint density at radius 3 is 2.41 bits per heavy atom. The topological polar surface area (TPSA) is 96.5 Å². The van der Waals surface area contributed by atoms with Crippen LogP contribution in [0.15, 0.2) is 46.9 Å². The molecule has 0 spiro atoms. The van der Waals surface area contributed by atoms with E-state index in [2.05, 4.69) is 32.1 Å². The number of carbonyl (C=O) groups is 3. The summed E-state index contributed by atoms with van der Waals surface area (Å²) in [5, 5.41) is 2.99. The highest BCUT2D eigenvalue weighted by Crippen LogP contribution is 2.22. The number of halogens is 2. The molecule has 7 nitrogen and oxygen atoms in total. The minimum atomic E-state index is -0.568. The fraction of sp³-hybridized carbons (Fsp3) is 0.167. The Bertz CT molecular complexity index is 843. The number of hydrogen-bond acceptors (Lipinski definition) is 4. The molecule has 0 heterocycles. The minimum Gasteiger partial charge on any atom is -0.496 e. The standard InChI is InChI=1S/C18H17BrClN3O4/c1-27-15-7-6-13(20)10-14(15)18(26)23-22-16(24)8-9-21-17(25)11-2-4-12(19)5-3-11/h2-7,10H,8-9H2,1H3,(H,21,25)(H,22,24)(H,23,26). The molecule has 9 heteroatoms. The summed E-state index contributed by atoms with van der Waals surface area (Å²) < 4.78 is 5.95. The Balaban J connectivity index is 1.77. The number of ether oxygens (including phenoxy) is 1. The van der Waals surface area contributed by atoms with Gasteiger partial charge in [0.25, 0.3) is 11.8 Å². The van der Waals surface area contributed by atoms with Crippen molar-refractivity contribution in [2.45, 2.75) is 6.42 Å². The van der Waals surface area contributed by atoms with Crippen molar-refractivity contribution in [2.75, 3.05) is 13.7 Å². The van der Waals surface area contributed by atoms with Gasteiger partial charge in [0, 0.05) is 28.0 Å². The molecule has 2 aromatic carbocycles. The van der Waals surface area contributed by atoms with Crippen LogP contribution in [0, 0.1) is 0 Å². The van der Waals surface area contributed by atoms with Gasteiger partial charge in [0.1, 0.15) is 5.75 Å². The third-order valence-electron chi connectivity index (χ3n) is 3.47. The van der Waals surface area contributed by atoms with E-state index in [0.717, 1.165) is 4.47 Å². The maximum Gasteiger partial charge on any atom is 0.273 e. The lowest BCUT2D eigenvalue weighted by atomic mass is 10.2. The van der Waals surface area contributed by atoms with E-state index in [0.29, 0.717) is 16.3 Å². The van der Waals surface area contributed by atoms with Crippen molar-refractivity contribution in [3.63, 3.8) is 0 Å². The number of hydrazine groups is 1. The van der Waals surface area contributed by atoms with Crippen molar-refractivity contribution in [1.82, 2.24) is 16.2 Å². The van der Waals surface area contributed by atoms with Gasteiger partial charge in [-0.3, -0.25) is 25.2 Å². The number of carbonyl (C=O) groups excluding carboxylic acids is 3. The second-order valence-electron chi connectivity index (χ2n) is 5.36. The van der Waals surface area contributed by atoms with Gasteiger partial charge in [-0.05, 0) is 42.5 Å². The molecule has 2 aromatic rings. The van der Waals surface area contributed by atoms with Crippen LogP contribution in [0.2, 0.25) is 5.02 Å². The second-order valence-corrected chi connectivity index (χ2v) is 6.71. The Morgan fingerprint density at radius 2 is 1.74 bits per heavy atom. The van der Waals surface area contributed by atoms with Crippen LogP contribution in [-0.2, 0) is 4.79 Å². The molecule has 3 amide bonds. The van der Waals surface area contributed by atoms with E-state index in [-0.39, 0.29) is 24.4 Å². The molecule has 0 aliphatic heterocycles. The first-order valence-corrected chi connectivity index (χ1v) is 9.04. The lowest BCUT2D eigenvalue weighted by Gasteiger charge is -2.11. The predicted molar refractivity (Wildman–Crippen MR) is 105 cm³/mol. The van der Waals surface area contributed by atoms with Gasteiger partial charge in [0.15, 0.2) is 0 Å². The van der Waals surface area contributed by atoms with Crippen molar-refractivity contribution in [3.8, 4) is 5.75 Å². The van der Waals surface area contributed by atoms with Crippen LogP contribution in [0.4, 0.5) is 0 Å². The molecule has 0 unspecified atom stereocenters. The zero-order valence-electron chi connectivity index (χ0n) is 14.3. The first-order valence-electron chi connectivity index (χ1n) is 7.87. The zero-order valence-corrected chi connectivity index (χ0v) is 16.7. The van der Waals surface area contributed by atoms with E-state index in [1.165, 1.54) is 13.2 Å². The summed E-state index contributed by atoms with van der Waals surface area (Å²) in [5.74, 6) is -0.988. The molecule has 0 atom stereocenters. The molecule has 27 heavy (non-hydrogen) atoms. The number of amides is 3. The van der Waals surface area contributed by atoms with E-state index in [1.807, 2.05) is 0 Å². The van der Waals surface area contributed by atoms with Gasteiger partial charge in [-0.25, -0.2) is 0 Å². The van der Waals surface area contributed by atoms with Gasteiger partial charge in [0.2, 0.25) is 5.91 Å². The lowest BCUT2D eigenvalue weighted by Crippen LogP contribution is -2.42. The molecule has 142 valence electrons. The van der Waals surface area contributed by atoms with E-state index >= 15 is 0 Å². The average molecular weight is 455 g/mol. The lowest BCUT2D eigenvalue weighted by molar-refractivity contribution is -0.121. The first kappa shape index (κ1) is 20.7. The number of rotatable bonds is 6. The molecular weight excluding hydrogens is 438 g/mol. The molecule has 0 saturated carbocycles. The van der Waals surface area contributed by atoms with Crippen LogP contribution in [0.5, 0.6) is 5.75 Å². The smallest absolute Gasteiger partial charge is 0.273 e. The Hall–Kier alpha value is -2.58. The van der Waals surface area contributed by atoms with Crippen LogP contribution in [0.25, 0.3) is 0 Å². The highest BCUT2D eigenvalue weighted by molar-refractivity contribution is 9.10. The van der Waals surface area contributed by atoms with Crippen molar-refractivity contribution in [2.24, 2.45) is 0 Å². The second kappa shape index (κ2) is 9.94. The van der Waals surface area contributed by atoms with E-state index < -0.39 is 11.8 Å². The summed E-state index contributed by atoms with van der Waals surface area (Å²) in [5.41, 5.74) is 5.23. The zero-order chi connectivity index (χ0) is 19.8. The van der Waals surface area contributed by atoms with Crippen LogP contribution in [0.3, 0.4) is 0 Å². The van der Waals surface area contributed by atoms with Gasteiger partial charge in [-0.15, -0.1) is 0 Å². The van der Waals surface area contributed by atoms with Crippen molar-refractivity contribution in [1.29, 1.82) is 0 Å². The Labute approximate surface area is 169 Å². The molecule has 0 aliphatic carbocycles. The van der Waals surface area contributed by atoms with Crippen molar-refractivity contribution >= 4 is 45.3 Å². The summed E-state index contributed by atoms with van der Waals surface area (Å²) in [7, 11) is 1.42. The Morgan fingerprint density at radius 1 is 1.04 bits per heavy atom. The molecule has 0 aromatic heterocycles. The maximum atomic E-state index is 12.1. The molecule has 0 saturated heterocycles. The average Bonchev–Trinajstić information content (AvgIpc) is 2.66. The number of methoxy groups -OCH3 is 1. The Kier molecular flexibility index (Phi) is 7.63. The van der Waals surface area contributed by atoms with Gasteiger partial charge in [-0.1, -0.05) is 27.5 Å². The summed E-state index contributed by atoms with van der Waals surface area (Å²) >= 11 is 9.16. The highest BCUT2D eigenvalue weighted by Gasteiger charge is 2.14. The van der Waals surface area contributed by atoms with Gasteiger partial charge < -0.3 is 10.1 Å². The van der Waals surface area contributed by atoms with Crippen LogP contribution >= 0.6 is 27.5 Å². The largest absolute Gasteiger partial charge is 0.496 e. The molecule has 0 aliphatic rings. The van der Waals surface area contributed by atoms with Crippen LogP contribution < -0.4 is 20.9 Å². The third kappa shape index (κ3) is 6.26. The molecular formula is C18H17BrClN3O4.